The summed E-state index contributed by atoms with van der Waals surface area (Å²) in [5, 5.41) is 9.56. The van der Waals surface area contributed by atoms with Crippen LogP contribution in [0.3, 0.4) is 0 Å². The quantitative estimate of drug-likeness (QED) is 0.700. The summed E-state index contributed by atoms with van der Waals surface area (Å²) in [7, 11) is -3.52. The number of carboxylic acids is 1. The predicted molar refractivity (Wildman–Crippen MR) is 100 cm³/mol. The Kier molecular flexibility index (Phi) is 5.65. The van der Waals surface area contributed by atoms with E-state index in [2.05, 4.69) is 4.72 Å². The van der Waals surface area contributed by atoms with Crippen LogP contribution < -0.4 is 4.72 Å². The highest BCUT2D eigenvalue weighted by molar-refractivity contribution is 7.89. The highest BCUT2D eigenvalue weighted by atomic mass is 35.5. The maximum absolute atomic E-state index is 12.2. The molecule has 0 spiro atoms. The summed E-state index contributed by atoms with van der Waals surface area (Å²) in [6.45, 7) is 0.365. The summed E-state index contributed by atoms with van der Waals surface area (Å²) in [6.07, 6.45) is 3.43. The Morgan fingerprint density at radius 2 is 1.92 bits per heavy atom. The van der Waals surface area contributed by atoms with Gasteiger partial charge in [0.25, 0.3) is 0 Å². The minimum atomic E-state index is -3.52. The van der Waals surface area contributed by atoms with Crippen molar-refractivity contribution in [3.63, 3.8) is 0 Å². The number of halogens is 1. The molecule has 2 N–H and O–H groups in total. The van der Waals surface area contributed by atoms with Gasteiger partial charge in [0.1, 0.15) is 0 Å². The fraction of sp³-hybridized carbons (Fsp3) is 0.316. The van der Waals surface area contributed by atoms with E-state index in [4.69, 9.17) is 16.7 Å². The lowest BCUT2D eigenvalue weighted by molar-refractivity contribution is 0.0696. The van der Waals surface area contributed by atoms with Crippen LogP contribution in [0.5, 0.6) is 0 Å². The lowest BCUT2D eigenvalue weighted by Crippen LogP contribution is -2.25. The van der Waals surface area contributed by atoms with Crippen LogP contribution in [-0.4, -0.2) is 26.0 Å². The first-order valence-corrected chi connectivity index (χ1v) is 10.3. The molecule has 0 fully saturated rings. The second kappa shape index (κ2) is 7.78. The van der Waals surface area contributed by atoms with E-state index in [0.29, 0.717) is 23.0 Å². The van der Waals surface area contributed by atoms with Crippen LogP contribution in [0, 0.1) is 0 Å². The predicted octanol–water partition coefficient (Wildman–Crippen LogP) is 3.83. The van der Waals surface area contributed by atoms with Crippen LogP contribution in [0.2, 0.25) is 5.02 Å². The minimum absolute atomic E-state index is 0.203. The van der Waals surface area contributed by atoms with E-state index in [0.717, 1.165) is 31.2 Å². The largest absolute Gasteiger partial charge is 0.478 e. The molecule has 0 aromatic heterocycles. The summed E-state index contributed by atoms with van der Waals surface area (Å²) in [4.78, 5) is 11.3. The van der Waals surface area contributed by atoms with Crippen molar-refractivity contribution in [2.24, 2.45) is 0 Å². The number of aryl methyl sites for hydroxylation is 1. The van der Waals surface area contributed by atoms with Gasteiger partial charge in [0, 0.05) is 11.6 Å². The van der Waals surface area contributed by atoms with E-state index in [1.54, 1.807) is 24.3 Å². The molecule has 2 aromatic rings. The molecular formula is C19H20ClNO4S. The molecule has 0 heterocycles. The lowest BCUT2D eigenvalue weighted by atomic mass is 9.95. The van der Waals surface area contributed by atoms with E-state index < -0.39 is 16.0 Å². The van der Waals surface area contributed by atoms with Gasteiger partial charge in [0.2, 0.25) is 10.0 Å². The number of aromatic carboxylic acids is 1. The molecule has 5 nitrogen and oxygen atoms in total. The summed E-state index contributed by atoms with van der Waals surface area (Å²) in [6, 6.07) is 11.4. The van der Waals surface area contributed by atoms with Gasteiger partial charge in [0.15, 0.2) is 0 Å². The first-order chi connectivity index (χ1) is 12.4. The molecule has 0 aliphatic heterocycles. The monoisotopic (exact) mass is 393 g/mol. The lowest BCUT2D eigenvalue weighted by Gasteiger charge is -2.12. The van der Waals surface area contributed by atoms with Gasteiger partial charge in [-0.05, 0) is 79.1 Å². The molecule has 1 unspecified atom stereocenters. The SMILES string of the molecule is O=C(O)c1ccc2c(c1)CCC2CCCNS(=O)(=O)c1ccc(Cl)cc1. The average molecular weight is 394 g/mol. The Balaban J connectivity index is 1.54. The maximum Gasteiger partial charge on any atom is 0.335 e. The average Bonchev–Trinajstić information content (AvgIpc) is 3.01. The molecule has 1 atom stereocenters. The van der Waals surface area contributed by atoms with Gasteiger partial charge in [-0.2, -0.15) is 0 Å². The molecule has 0 saturated heterocycles. The molecule has 0 saturated carbocycles. The van der Waals surface area contributed by atoms with Gasteiger partial charge >= 0.3 is 5.97 Å². The fourth-order valence-electron chi connectivity index (χ4n) is 3.39. The molecule has 3 rings (SSSR count). The number of hydrogen-bond acceptors (Lipinski definition) is 3. The second-order valence-electron chi connectivity index (χ2n) is 6.45. The molecule has 2 aromatic carbocycles. The van der Waals surface area contributed by atoms with Gasteiger partial charge in [-0.3, -0.25) is 0 Å². The zero-order chi connectivity index (χ0) is 18.7. The highest BCUT2D eigenvalue weighted by Gasteiger charge is 2.23. The van der Waals surface area contributed by atoms with Crippen LogP contribution in [-0.2, 0) is 16.4 Å². The number of nitrogens with one attached hydrogen (secondary N) is 1. The van der Waals surface area contributed by atoms with Crippen LogP contribution in [0.4, 0.5) is 0 Å². The first-order valence-electron chi connectivity index (χ1n) is 8.48. The Morgan fingerprint density at radius 3 is 2.62 bits per heavy atom. The van der Waals surface area contributed by atoms with Gasteiger partial charge < -0.3 is 5.11 Å². The topological polar surface area (TPSA) is 83.5 Å². The van der Waals surface area contributed by atoms with Crippen LogP contribution in [0.25, 0.3) is 0 Å². The molecule has 1 aliphatic carbocycles. The third-order valence-electron chi connectivity index (χ3n) is 4.74. The van der Waals surface area contributed by atoms with Crippen LogP contribution in [0.15, 0.2) is 47.4 Å². The minimum Gasteiger partial charge on any atom is -0.478 e. The Hall–Kier alpha value is -1.89. The Bertz CT molecular complexity index is 910. The van der Waals surface area contributed by atoms with Gasteiger partial charge in [-0.15, -0.1) is 0 Å². The number of rotatable bonds is 7. The summed E-state index contributed by atoms with van der Waals surface area (Å²) >= 11 is 5.78. The third kappa shape index (κ3) is 4.26. The Labute approximate surface area is 158 Å². The fourth-order valence-corrected chi connectivity index (χ4v) is 4.59. The van der Waals surface area contributed by atoms with Crippen molar-refractivity contribution >= 4 is 27.6 Å². The second-order valence-corrected chi connectivity index (χ2v) is 8.65. The smallest absolute Gasteiger partial charge is 0.335 e. The van der Waals surface area contributed by atoms with Crippen LogP contribution >= 0.6 is 11.6 Å². The summed E-state index contributed by atoms with van der Waals surface area (Å²) in [5.41, 5.74) is 2.60. The van der Waals surface area contributed by atoms with Gasteiger partial charge in [-0.25, -0.2) is 17.9 Å². The van der Waals surface area contributed by atoms with Crippen molar-refractivity contribution in [3.8, 4) is 0 Å². The molecular weight excluding hydrogens is 374 g/mol. The van der Waals surface area contributed by atoms with Crippen molar-refractivity contribution in [1.29, 1.82) is 0 Å². The number of sulfonamides is 1. The van der Waals surface area contributed by atoms with E-state index in [1.165, 1.54) is 17.7 Å². The molecule has 0 radical (unpaired) electrons. The molecule has 1 aliphatic rings. The van der Waals surface area contributed by atoms with Gasteiger partial charge in [-0.1, -0.05) is 17.7 Å². The molecule has 26 heavy (non-hydrogen) atoms. The number of carbonyl (C=O) groups is 1. The summed E-state index contributed by atoms with van der Waals surface area (Å²) in [5.74, 6) is -0.555. The zero-order valence-corrected chi connectivity index (χ0v) is 15.7. The molecule has 138 valence electrons. The third-order valence-corrected chi connectivity index (χ3v) is 6.47. The maximum atomic E-state index is 12.2. The number of hydrogen-bond donors (Lipinski definition) is 2. The van der Waals surface area contributed by atoms with E-state index in [-0.39, 0.29) is 4.90 Å². The first kappa shape index (κ1) is 18.9. The van der Waals surface area contributed by atoms with Crippen molar-refractivity contribution in [2.75, 3.05) is 6.54 Å². The number of fused-ring (bicyclic) bond motifs is 1. The Morgan fingerprint density at radius 1 is 1.19 bits per heavy atom. The zero-order valence-electron chi connectivity index (χ0n) is 14.1. The van der Waals surface area contributed by atoms with E-state index in [9.17, 15) is 13.2 Å². The number of carboxylic acid groups (broad SMARTS) is 1. The standard InChI is InChI=1S/C19H20ClNO4S/c20-16-6-8-17(9-7-16)26(24,25)21-11-1-2-13-3-4-14-12-15(19(22)23)5-10-18(13)14/h5-10,12-13,21H,1-4,11H2,(H,22,23). The van der Waals surface area contributed by atoms with Crippen molar-refractivity contribution in [3.05, 3.63) is 64.2 Å². The van der Waals surface area contributed by atoms with E-state index >= 15 is 0 Å². The molecule has 0 bridgehead atoms. The van der Waals surface area contributed by atoms with E-state index in [1.807, 2.05) is 6.07 Å². The molecule has 7 heteroatoms. The van der Waals surface area contributed by atoms with Crippen molar-refractivity contribution < 1.29 is 18.3 Å². The summed E-state index contributed by atoms with van der Waals surface area (Å²) < 4.78 is 27.1. The normalized spacial score (nSPS) is 16.4. The number of benzene rings is 2. The van der Waals surface area contributed by atoms with Crippen LogP contribution in [0.1, 0.15) is 46.7 Å². The highest BCUT2D eigenvalue weighted by Crippen LogP contribution is 2.36. The molecule has 0 amide bonds. The van der Waals surface area contributed by atoms with Gasteiger partial charge in [0.05, 0.1) is 10.5 Å². The van der Waals surface area contributed by atoms with Crippen molar-refractivity contribution in [2.45, 2.75) is 36.5 Å². The van der Waals surface area contributed by atoms with Crippen molar-refractivity contribution in [1.82, 2.24) is 4.72 Å².